The van der Waals surface area contributed by atoms with Gasteiger partial charge in [0.15, 0.2) is 11.5 Å². The third-order valence-corrected chi connectivity index (χ3v) is 5.56. The molecule has 172 valence electrons. The highest BCUT2D eigenvalue weighted by Gasteiger charge is 2.44. The average molecular weight is 457 g/mol. The van der Waals surface area contributed by atoms with Crippen molar-refractivity contribution in [1.29, 1.82) is 0 Å². The SMILES string of the molecule is CCOC(=O)c1ccc(N2C(=O)C(O)=C(C(=O)c3cccc(OC)c3)C2c2ccccc2)cc1. The summed E-state index contributed by atoms with van der Waals surface area (Å²) in [5.41, 5.74) is 1.67. The van der Waals surface area contributed by atoms with E-state index in [9.17, 15) is 19.5 Å². The van der Waals surface area contributed by atoms with Gasteiger partial charge >= 0.3 is 5.97 Å². The summed E-state index contributed by atoms with van der Waals surface area (Å²) in [6.07, 6.45) is 0. The van der Waals surface area contributed by atoms with Gasteiger partial charge in [-0.3, -0.25) is 14.5 Å². The van der Waals surface area contributed by atoms with Crippen LogP contribution >= 0.6 is 0 Å². The maximum atomic E-state index is 13.5. The van der Waals surface area contributed by atoms with Gasteiger partial charge in [-0.1, -0.05) is 42.5 Å². The number of amides is 1. The Morgan fingerprint density at radius 3 is 2.29 bits per heavy atom. The standard InChI is InChI=1S/C27H23NO6/c1-3-34-27(32)18-12-14-20(15-13-18)28-23(17-8-5-4-6-9-17)22(25(30)26(28)31)24(29)19-10-7-11-21(16-19)33-2/h4-16,23,30H,3H2,1-2H3. The first-order chi connectivity index (χ1) is 16.5. The van der Waals surface area contributed by atoms with Crippen LogP contribution in [0.4, 0.5) is 5.69 Å². The minimum absolute atomic E-state index is 0.0288. The number of ketones is 1. The molecule has 0 fully saturated rings. The van der Waals surface area contributed by atoms with E-state index in [4.69, 9.17) is 9.47 Å². The molecule has 0 bridgehead atoms. The molecule has 0 spiro atoms. The van der Waals surface area contributed by atoms with Crippen LogP contribution in [0.1, 0.15) is 39.2 Å². The fourth-order valence-electron chi connectivity index (χ4n) is 3.95. The zero-order valence-corrected chi connectivity index (χ0v) is 18.7. The molecule has 3 aromatic rings. The first-order valence-electron chi connectivity index (χ1n) is 10.7. The van der Waals surface area contributed by atoms with E-state index in [1.54, 1.807) is 79.7 Å². The van der Waals surface area contributed by atoms with Gasteiger partial charge in [-0.15, -0.1) is 0 Å². The lowest BCUT2D eigenvalue weighted by atomic mass is 9.92. The summed E-state index contributed by atoms with van der Waals surface area (Å²) in [6, 6.07) is 20.9. The molecule has 1 aliphatic heterocycles. The van der Waals surface area contributed by atoms with Crippen molar-refractivity contribution < 1.29 is 29.0 Å². The zero-order chi connectivity index (χ0) is 24.2. The van der Waals surface area contributed by atoms with Crippen molar-refractivity contribution in [2.45, 2.75) is 13.0 Å². The van der Waals surface area contributed by atoms with Crippen LogP contribution in [-0.4, -0.2) is 36.5 Å². The fraction of sp³-hybridized carbons (Fsp3) is 0.148. The monoisotopic (exact) mass is 457 g/mol. The van der Waals surface area contributed by atoms with Gasteiger partial charge in [0.05, 0.1) is 30.9 Å². The summed E-state index contributed by atoms with van der Waals surface area (Å²) < 4.78 is 10.2. The second-order valence-electron chi connectivity index (χ2n) is 7.58. The molecule has 1 unspecified atom stereocenters. The topological polar surface area (TPSA) is 93.1 Å². The van der Waals surface area contributed by atoms with Gasteiger partial charge < -0.3 is 14.6 Å². The smallest absolute Gasteiger partial charge is 0.338 e. The Hall–Kier alpha value is -4.39. The highest BCUT2D eigenvalue weighted by Crippen LogP contribution is 2.42. The minimum Gasteiger partial charge on any atom is -0.503 e. The number of anilines is 1. The second kappa shape index (κ2) is 9.62. The number of methoxy groups -OCH3 is 1. The van der Waals surface area contributed by atoms with Gasteiger partial charge in [0.1, 0.15) is 5.75 Å². The molecule has 1 N–H and O–H groups in total. The Morgan fingerprint density at radius 2 is 1.65 bits per heavy atom. The molecule has 1 aliphatic rings. The summed E-state index contributed by atoms with van der Waals surface area (Å²) in [7, 11) is 1.49. The number of rotatable bonds is 7. The quantitative estimate of drug-likeness (QED) is 0.410. The van der Waals surface area contributed by atoms with Crippen LogP contribution in [0.15, 0.2) is 90.2 Å². The Bertz CT molecular complexity index is 1260. The van der Waals surface area contributed by atoms with Crippen LogP contribution in [0.3, 0.4) is 0 Å². The third-order valence-electron chi connectivity index (χ3n) is 5.56. The van der Waals surface area contributed by atoms with Gasteiger partial charge in [0.2, 0.25) is 0 Å². The van der Waals surface area contributed by atoms with Crippen LogP contribution in [0, 0.1) is 0 Å². The maximum absolute atomic E-state index is 13.5. The Balaban J connectivity index is 1.79. The average Bonchev–Trinajstić information content (AvgIpc) is 3.14. The fourth-order valence-corrected chi connectivity index (χ4v) is 3.95. The molecule has 0 aliphatic carbocycles. The van der Waals surface area contributed by atoms with E-state index in [1.165, 1.54) is 12.0 Å². The van der Waals surface area contributed by atoms with E-state index < -0.39 is 29.5 Å². The summed E-state index contributed by atoms with van der Waals surface area (Å²) in [5, 5.41) is 10.9. The number of nitrogens with zero attached hydrogens (tertiary/aromatic N) is 1. The number of carbonyl (C=O) groups is 3. The highest BCUT2D eigenvalue weighted by molar-refractivity contribution is 6.21. The van der Waals surface area contributed by atoms with E-state index in [2.05, 4.69) is 0 Å². The number of esters is 1. The summed E-state index contributed by atoms with van der Waals surface area (Å²) in [4.78, 5) is 40.1. The van der Waals surface area contributed by atoms with Crippen LogP contribution in [0.25, 0.3) is 0 Å². The van der Waals surface area contributed by atoms with Crippen molar-refractivity contribution in [2.75, 3.05) is 18.6 Å². The lowest BCUT2D eigenvalue weighted by Gasteiger charge is -2.27. The number of carbonyl (C=O) groups excluding carboxylic acids is 3. The second-order valence-corrected chi connectivity index (χ2v) is 7.58. The van der Waals surface area contributed by atoms with Crippen LogP contribution in [0.2, 0.25) is 0 Å². The van der Waals surface area contributed by atoms with Crippen LogP contribution in [-0.2, 0) is 9.53 Å². The van der Waals surface area contributed by atoms with E-state index in [1.807, 2.05) is 6.07 Å². The minimum atomic E-state index is -0.860. The number of aliphatic hydroxyl groups is 1. The van der Waals surface area contributed by atoms with E-state index in [0.29, 0.717) is 22.6 Å². The van der Waals surface area contributed by atoms with Gasteiger partial charge in [0.25, 0.3) is 5.91 Å². The molecule has 3 aromatic carbocycles. The Morgan fingerprint density at radius 1 is 0.941 bits per heavy atom. The van der Waals surface area contributed by atoms with Crippen molar-refractivity contribution in [3.8, 4) is 5.75 Å². The van der Waals surface area contributed by atoms with E-state index in [0.717, 1.165) is 0 Å². The number of hydrogen-bond acceptors (Lipinski definition) is 6. The summed E-state index contributed by atoms with van der Waals surface area (Å²) >= 11 is 0. The third kappa shape index (κ3) is 4.15. The number of Topliss-reactive ketones (excluding diaryl/α,β-unsaturated/α-hetero) is 1. The molecule has 1 atom stereocenters. The molecule has 34 heavy (non-hydrogen) atoms. The Kier molecular flexibility index (Phi) is 6.45. The van der Waals surface area contributed by atoms with Gasteiger partial charge in [0, 0.05) is 11.3 Å². The first kappa shape index (κ1) is 22.8. The number of hydrogen-bond donors (Lipinski definition) is 1. The number of aliphatic hydroxyl groups excluding tert-OH is 1. The van der Waals surface area contributed by atoms with Gasteiger partial charge in [-0.25, -0.2) is 4.79 Å². The van der Waals surface area contributed by atoms with Gasteiger partial charge in [-0.05, 0) is 48.9 Å². The van der Waals surface area contributed by atoms with E-state index in [-0.39, 0.29) is 17.7 Å². The zero-order valence-electron chi connectivity index (χ0n) is 18.7. The van der Waals surface area contributed by atoms with Crippen molar-refractivity contribution >= 4 is 23.3 Å². The molecule has 0 aromatic heterocycles. The number of ether oxygens (including phenoxy) is 2. The molecular weight excluding hydrogens is 434 g/mol. The lowest BCUT2D eigenvalue weighted by molar-refractivity contribution is -0.117. The molecular formula is C27H23NO6. The maximum Gasteiger partial charge on any atom is 0.338 e. The normalized spacial score (nSPS) is 15.4. The van der Waals surface area contributed by atoms with Crippen molar-refractivity contribution in [3.05, 3.63) is 107 Å². The highest BCUT2D eigenvalue weighted by atomic mass is 16.5. The molecule has 1 heterocycles. The lowest BCUT2D eigenvalue weighted by Crippen LogP contribution is -2.31. The van der Waals surface area contributed by atoms with Crippen LogP contribution < -0.4 is 9.64 Å². The molecule has 7 nitrogen and oxygen atoms in total. The van der Waals surface area contributed by atoms with E-state index >= 15 is 0 Å². The predicted molar refractivity (Wildman–Crippen MR) is 126 cm³/mol. The van der Waals surface area contributed by atoms with Crippen LogP contribution in [0.5, 0.6) is 5.75 Å². The first-order valence-corrected chi connectivity index (χ1v) is 10.7. The van der Waals surface area contributed by atoms with Crippen molar-refractivity contribution in [3.63, 3.8) is 0 Å². The largest absolute Gasteiger partial charge is 0.503 e. The van der Waals surface area contributed by atoms with Crippen molar-refractivity contribution in [1.82, 2.24) is 0 Å². The van der Waals surface area contributed by atoms with Gasteiger partial charge in [-0.2, -0.15) is 0 Å². The Labute approximate surface area is 196 Å². The molecule has 0 saturated carbocycles. The summed E-state index contributed by atoms with van der Waals surface area (Å²) in [6.45, 7) is 1.96. The predicted octanol–water partition coefficient (Wildman–Crippen LogP) is 4.65. The number of benzene rings is 3. The molecule has 1 amide bonds. The summed E-state index contributed by atoms with van der Waals surface area (Å²) in [5.74, 6) is -1.79. The molecule has 4 rings (SSSR count). The molecule has 0 saturated heterocycles. The molecule has 0 radical (unpaired) electrons. The van der Waals surface area contributed by atoms with Crippen molar-refractivity contribution in [2.24, 2.45) is 0 Å². The molecule has 7 heteroatoms.